The Bertz CT molecular complexity index is 459. The molecule has 19 heavy (non-hydrogen) atoms. The third-order valence-electron chi connectivity index (χ3n) is 3.38. The Morgan fingerprint density at radius 2 is 2.05 bits per heavy atom. The molecule has 0 aromatic heterocycles. The Morgan fingerprint density at radius 1 is 1.37 bits per heavy atom. The van der Waals surface area contributed by atoms with Crippen LogP contribution >= 0.6 is 31.9 Å². The van der Waals surface area contributed by atoms with E-state index < -0.39 is 0 Å². The molecule has 104 valence electrons. The van der Waals surface area contributed by atoms with E-state index in [-0.39, 0.29) is 5.91 Å². The second kappa shape index (κ2) is 6.86. The standard InChI is InChI=1S/C14H17Br2NO2/c1-17(9-10-4-6-19-7-5-10)14(18)12-3-2-11(15)8-13(12)16/h2-3,8,10H,4-7,9H2,1H3. The molecule has 1 aromatic carbocycles. The minimum Gasteiger partial charge on any atom is -0.381 e. The zero-order valence-electron chi connectivity index (χ0n) is 10.9. The van der Waals surface area contributed by atoms with E-state index in [1.165, 1.54) is 0 Å². The lowest BCUT2D eigenvalue weighted by atomic mass is 9.99. The van der Waals surface area contributed by atoms with Crippen LogP contribution in [0, 0.1) is 5.92 Å². The highest BCUT2D eigenvalue weighted by atomic mass is 79.9. The molecule has 0 saturated carbocycles. The molecule has 3 nitrogen and oxygen atoms in total. The predicted molar refractivity (Wildman–Crippen MR) is 82.3 cm³/mol. The fourth-order valence-corrected chi connectivity index (χ4v) is 3.48. The summed E-state index contributed by atoms with van der Waals surface area (Å²) in [6.07, 6.45) is 2.08. The number of benzene rings is 1. The summed E-state index contributed by atoms with van der Waals surface area (Å²) in [6, 6.07) is 5.63. The first-order valence-corrected chi connectivity index (χ1v) is 7.95. The van der Waals surface area contributed by atoms with E-state index in [4.69, 9.17) is 4.74 Å². The van der Waals surface area contributed by atoms with E-state index >= 15 is 0 Å². The van der Waals surface area contributed by atoms with Crippen molar-refractivity contribution in [2.75, 3.05) is 26.8 Å². The summed E-state index contributed by atoms with van der Waals surface area (Å²) in [5, 5.41) is 0. The van der Waals surface area contributed by atoms with Crippen molar-refractivity contribution in [2.45, 2.75) is 12.8 Å². The highest BCUT2D eigenvalue weighted by Gasteiger charge is 2.20. The molecule has 1 saturated heterocycles. The van der Waals surface area contributed by atoms with Gasteiger partial charge in [-0.3, -0.25) is 4.79 Å². The van der Waals surface area contributed by atoms with Gasteiger partial charge in [-0.25, -0.2) is 0 Å². The molecule has 0 spiro atoms. The molecule has 1 fully saturated rings. The molecule has 1 aromatic rings. The van der Waals surface area contributed by atoms with Gasteiger partial charge in [-0.05, 0) is 52.9 Å². The van der Waals surface area contributed by atoms with Crippen molar-refractivity contribution < 1.29 is 9.53 Å². The second-order valence-electron chi connectivity index (χ2n) is 4.87. The summed E-state index contributed by atoms with van der Waals surface area (Å²) in [5.74, 6) is 0.614. The van der Waals surface area contributed by atoms with Crippen molar-refractivity contribution in [1.82, 2.24) is 4.90 Å². The normalized spacial score (nSPS) is 16.4. The fourth-order valence-electron chi connectivity index (χ4n) is 2.27. The van der Waals surface area contributed by atoms with E-state index in [0.717, 1.165) is 41.5 Å². The average Bonchev–Trinajstić information content (AvgIpc) is 2.39. The van der Waals surface area contributed by atoms with Crippen LogP contribution in [0.2, 0.25) is 0 Å². The van der Waals surface area contributed by atoms with Crippen LogP contribution in [0.4, 0.5) is 0 Å². The van der Waals surface area contributed by atoms with Gasteiger partial charge >= 0.3 is 0 Å². The zero-order chi connectivity index (χ0) is 13.8. The summed E-state index contributed by atoms with van der Waals surface area (Å²) in [5.41, 5.74) is 0.706. The largest absolute Gasteiger partial charge is 0.381 e. The maximum absolute atomic E-state index is 12.4. The minimum atomic E-state index is 0.0610. The van der Waals surface area contributed by atoms with Gasteiger partial charge in [0.25, 0.3) is 5.91 Å². The first kappa shape index (κ1) is 15.0. The Kier molecular flexibility index (Phi) is 5.42. The third kappa shape index (κ3) is 4.04. The van der Waals surface area contributed by atoms with E-state index in [2.05, 4.69) is 31.9 Å². The fraction of sp³-hybridized carbons (Fsp3) is 0.500. The van der Waals surface area contributed by atoms with Crippen molar-refractivity contribution in [3.63, 3.8) is 0 Å². The van der Waals surface area contributed by atoms with E-state index in [1.807, 2.05) is 30.1 Å². The third-order valence-corrected chi connectivity index (χ3v) is 4.53. The lowest BCUT2D eigenvalue weighted by Crippen LogP contribution is -2.34. The number of hydrogen-bond donors (Lipinski definition) is 0. The first-order chi connectivity index (χ1) is 9.08. The van der Waals surface area contributed by atoms with Crippen LogP contribution in [0.25, 0.3) is 0 Å². The van der Waals surface area contributed by atoms with Gasteiger partial charge in [-0.1, -0.05) is 15.9 Å². The molecule has 0 atom stereocenters. The number of hydrogen-bond acceptors (Lipinski definition) is 2. The smallest absolute Gasteiger partial charge is 0.254 e. The van der Waals surface area contributed by atoms with Crippen LogP contribution < -0.4 is 0 Å². The molecule has 2 rings (SSSR count). The number of rotatable bonds is 3. The van der Waals surface area contributed by atoms with Crippen molar-refractivity contribution in [3.05, 3.63) is 32.7 Å². The molecule has 1 aliphatic rings. The van der Waals surface area contributed by atoms with Gasteiger partial charge in [-0.15, -0.1) is 0 Å². The Balaban J connectivity index is 2.01. The van der Waals surface area contributed by atoms with Crippen molar-refractivity contribution in [1.29, 1.82) is 0 Å². The second-order valence-corrected chi connectivity index (χ2v) is 6.64. The van der Waals surface area contributed by atoms with E-state index in [0.29, 0.717) is 11.5 Å². The Labute approximate surface area is 130 Å². The topological polar surface area (TPSA) is 29.5 Å². The molecular formula is C14H17Br2NO2. The van der Waals surface area contributed by atoms with E-state index in [9.17, 15) is 4.79 Å². The highest BCUT2D eigenvalue weighted by Crippen LogP contribution is 2.24. The van der Waals surface area contributed by atoms with Gasteiger partial charge < -0.3 is 9.64 Å². The maximum Gasteiger partial charge on any atom is 0.254 e. The van der Waals surface area contributed by atoms with E-state index in [1.54, 1.807) is 0 Å². The van der Waals surface area contributed by atoms with Crippen LogP contribution in [0.5, 0.6) is 0 Å². The minimum absolute atomic E-state index is 0.0610. The number of ether oxygens (including phenoxy) is 1. The quantitative estimate of drug-likeness (QED) is 0.787. The zero-order valence-corrected chi connectivity index (χ0v) is 14.0. The van der Waals surface area contributed by atoms with Gasteiger partial charge in [0.1, 0.15) is 0 Å². The van der Waals surface area contributed by atoms with Gasteiger partial charge in [0.2, 0.25) is 0 Å². The van der Waals surface area contributed by atoms with Crippen LogP contribution in [-0.2, 0) is 4.74 Å². The average molecular weight is 391 g/mol. The van der Waals surface area contributed by atoms with Gasteiger partial charge in [-0.2, -0.15) is 0 Å². The molecule has 0 bridgehead atoms. The molecule has 0 N–H and O–H groups in total. The molecule has 0 unspecified atom stereocenters. The molecule has 1 heterocycles. The lowest BCUT2D eigenvalue weighted by molar-refractivity contribution is 0.0497. The van der Waals surface area contributed by atoms with Gasteiger partial charge in [0, 0.05) is 35.8 Å². The van der Waals surface area contributed by atoms with Gasteiger partial charge in [0.15, 0.2) is 0 Å². The van der Waals surface area contributed by atoms with Crippen LogP contribution in [0.3, 0.4) is 0 Å². The Hall–Kier alpha value is -0.390. The molecular weight excluding hydrogens is 374 g/mol. The monoisotopic (exact) mass is 389 g/mol. The Morgan fingerprint density at radius 3 is 2.68 bits per heavy atom. The highest BCUT2D eigenvalue weighted by molar-refractivity contribution is 9.11. The molecule has 5 heteroatoms. The van der Waals surface area contributed by atoms with Crippen LogP contribution in [0.15, 0.2) is 27.1 Å². The number of amides is 1. The SMILES string of the molecule is CN(CC1CCOCC1)C(=O)c1ccc(Br)cc1Br. The summed E-state index contributed by atoms with van der Waals surface area (Å²) in [4.78, 5) is 14.2. The van der Waals surface area contributed by atoms with Crippen LogP contribution in [-0.4, -0.2) is 37.6 Å². The number of nitrogens with zero attached hydrogens (tertiary/aromatic N) is 1. The first-order valence-electron chi connectivity index (χ1n) is 6.36. The van der Waals surface area contributed by atoms with Crippen molar-refractivity contribution in [2.24, 2.45) is 5.92 Å². The maximum atomic E-state index is 12.4. The van der Waals surface area contributed by atoms with Crippen molar-refractivity contribution in [3.8, 4) is 0 Å². The molecule has 1 aliphatic heterocycles. The van der Waals surface area contributed by atoms with Crippen LogP contribution in [0.1, 0.15) is 23.2 Å². The van der Waals surface area contributed by atoms with Crippen molar-refractivity contribution >= 4 is 37.8 Å². The number of carbonyl (C=O) groups is 1. The molecule has 0 aliphatic carbocycles. The summed E-state index contributed by atoms with van der Waals surface area (Å²) in [6.45, 7) is 2.42. The molecule has 1 amide bonds. The number of carbonyl (C=O) groups excluding carboxylic acids is 1. The lowest BCUT2D eigenvalue weighted by Gasteiger charge is -2.27. The number of halogens is 2. The predicted octanol–water partition coefficient (Wildman–Crippen LogP) is 3.71. The molecule has 0 radical (unpaired) electrons. The summed E-state index contributed by atoms with van der Waals surface area (Å²) in [7, 11) is 1.87. The summed E-state index contributed by atoms with van der Waals surface area (Å²) >= 11 is 6.84. The van der Waals surface area contributed by atoms with Gasteiger partial charge in [0.05, 0.1) is 5.56 Å². The summed E-state index contributed by atoms with van der Waals surface area (Å²) < 4.78 is 7.13.